The zero-order chi connectivity index (χ0) is 17.0. The number of nitrogens with zero attached hydrogens (tertiary/aromatic N) is 1. The molecule has 0 fully saturated rings. The van der Waals surface area contributed by atoms with Crippen molar-refractivity contribution in [3.8, 4) is 0 Å². The maximum Gasteiger partial charge on any atom is 0.416 e. The molecule has 0 aliphatic rings. The van der Waals surface area contributed by atoms with Gasteiger partial charge in [0.1, 0.15) is 0 Å². The van der Waals surface area contributed by atoms with Gasteiger partial charge in [0.05, 0.1) is 27.1 Å². The van der Waals surface area contributed by atoms with E-state index in [0.29, 0.717) is 5.03 Å². The van der Waals surface area contributed by atoms with Gasteiger partial charge >= 0.3 is 11.9 Å². The number of carbonyl (C=O) groups excluding carboxylic acids is 1. The van der Waals surface area contributed by atoms with E-state index in [0.717, 1.165) is 30.0 Å². The molecule has 0 saturated carbocycles. The molecule has 1 amide bonds. The molecule has 1 aromatic carbocycles. The minimum atomic E-state index is -4.53. The molecular weight excluding hydrogens is 355 g/mol. The number of hydrogen-bond acceptors (Lipinski definition) is 4. The van der Waals surface area contributed by atoms with Crippen LogP contribution in [0.2, 0.25) is 5.02 Å². The molecule has 0 radical (unpaired) electrons. The van der Waals surface area contributed by atoms with Gasteiger partial charge in [0.25, 0.3) is 0 Å². The lowest BCUT2D eigenvalue weighted by molar-refractivity contribution is -0.137. The van der Waals surface area contributed by atoms with E-state index in [4.69, 9.17) is 11.6 Å². The van der Waals surface area contributed by atoms with E-state index in [9.17, 15) is 22.8 Å². The monoisotopic (exact) mass is 363 g/mol. The second-order valence-corrected chi connectivity index (χ2v) is 5.69. The molecule has 2 aromatic rings. The number of H-pyrrole nitrogens is 1. The van der Waals surface area contributed by atoms with E-state index in [-0.39, 0.29) is 16.5 Å². The number of aromatic nitrogens is 2. The normalized spacial score (nSPS) is 11.3. The number of rotatable bonds is 4. The number of amides is 1. The van der Waals surface area contributed by atoms with Gasteiger partial charge in [0.2, 0.25) is 5.91 Å². The van der Waals surface area contributed by atoms with Gasteiger partial charge in [-0.3, -0.25) is 4.79 Å². The van der Waals surface area contributed by atoms with E-state index in [1.165, 1.54) is 12.3 Å². The lowest BCUT2D eigenvalue weighted by Gasteiger charge is -2.11. The molecule has 0 bridgehead atoms. The summed E-state index contributed by atoms with van der Waals surface area (Å²) in [5.41, 5.74) is -1.60. The molecule has 1 heterocycles. The van der Waals surface area contributed by atoms with Crippen molar-refractivity contribution in [2.75, 3.05) is 11.1 Å². The Labute approximate surface area is 137 Å². The van der Waals surface area contributed by atoms with Crippen LogP contribution in [0.1, 0.15) is 5.56 Å². The van der Waals surface area contributed by atoms with Crippen molar-refractivity contribution in [2.24, 2.45) is 0 Å². The first-order valence-electron chi connectivity index (χ1n) is 6.10. The third-order valence-electron chi connectivity index (χ3n) is 2.57. The summed E-state index contributed by atoms with van der Waals surface area (Å²) in [7, 11) is 0. The fourth-order valence-electron chi connectivity index (χ4n) is 1.56. The van der Waals surface area contributed by atoms with Crippen molar-refractivity contribution in [3.63, 3.8) is 0 Å². The van der Waals surface area contributed by atoms with Crippen LogP contribution in [0.4, 0.5) is 18.9 Å². The van der Waals surface area contributed by atoms with Crippen LogP contribution in [0.5, 0.6) is 0 Å². The fourth-order valence-corrected chi connectivity index (χ4v) is 2.40. The first kappa shape index (κ1) is 17.4. The van der Waals surface area contributed by atoms with Gasteiger partial charge in [-0.2, -0.15) is 13.2 Å². The Kier molecular flexibility index (Phi) is 5.32. The highest BCUT2D eigenvalue weighted by Gasteiger charge is 2.31. The first-order valence-corrected chi connectivity index (χ1v) is 7.47. The van der Waals surface area contributed by atoms with Crippen molar-refractivity contribution in [1.29, 1.82) is 0 Å². The average molecular weight is 364 g/mol. The van der Waals surface area contributed by atoms with Gasteiger partial charge in [-0.05, 0) is 24.3 Å². The predicted octanol–water partition coefficient (Wildman–Crippen LogP) is 3.17. The Balaban J connectivity index is 2.04. The number of alkyl halides is 3. The minimum absolute atomic E-state index is 0.00586. The van der Waals surface area contributed by atoms with Crippen molar-refractivity contribution >= 4 is 35.0 Å². The van der Waals surface area contributed by atoms with Crippen LogP contribution < -0.4 is 11.0 Å². The van der Waals surface area contributed by atoms with Crippen LogP contribution in [0, 0.1) is 0 Å². The van der Waals surface area contributed by atoms with Crippen LogP contribution in [0.3, 0.4) is 0 Å². The summed E-state index contributed by atoms with van der Waals surface area (Å²) in [6, 6.07) is 4.15. The molecule has 2 rings (SSSR count). The number of nitrogens with one attached hydrogen (secondary N) is 2. The highest BCUT2D eigenvalue weighted by molar-refractivity contribution is 7.99. The lowest BCUT2D eigenvalue weighted by Crippen LogP contribution is -2.16. The highest BCUT2D eigenvalue weighted by atomic mass is 35.5. The summed E-state index contributed by atoms with van der Waals surface area (Å²) >= 11 is 6.79. The number of carbonyl (C=O) groups is 1. The molecule has 0 saturated heterocycles. The molecule has 0 spiro atoms. The minimum Gasteiger partial charge on any atom is -0.324 e. The largest absolute Gasteiger partial charge is 0.416 e. The number of thioether (sulfide) groups is 1. The van der Waals surface area contributed by atoms with Crippen LogP contribution >= 0.6 is 23.4 Å². The summed E-state index contributed by atoms with van der Waals surface area (Å²) < 4.78 is 37.9. The number of aromatic amines is 1. The van der Waals surface area contributed by atoms with Gasteiger partial charge < -0.3 is 10.3 Å². The van der Waals surface area contributed by atoms with Crippen LogP contribution in [-0.2, 0) is 11.0 Å². The standard InChI is InChI=1S/C13H9ClF3N3O2S/c14-8-2-1-7(13(15,16)17)5-9(8)19-10(21)6-23-11-3-4-18-12(22)20-11/h1-5H,6H2,(H,19,21)(H,18,20,22). The topological polar surface area (TPSA) is 74.8 Å². The second-order valence-electron chi connectivity index (χ2n) is 4.27. The molecule has 0 atom stereocenters. The number of hydrogen-bond donors (Lipinski definition) is 2. The van der Waals surface area contributed by atoms with E-state index in [1.807, 2.05) is 0 Å². The molecule has 122 valence electrons. The summed E-state index contributed by atoms with van der Waals surface area (Å²) in [6.07, 6.45) is -3.25. The molecule has 2 N–H and O–H groups in total. The summed E-state index contributed by atoms with van der Waals surface area (Å²) in [4.78, 5) is 28.6. The van der Waals surface area contributed by atoms with E-state index in [1.54, 1.807) is 0 Å². The molecule has 23 heavy (non-hydrogen) atoms. The van der Waals surface area contributed by atoms with Crippen molar-refractivity contribution in [2.45, 2.75) is 11.2 Å². The third-order valence-corrected chi connectivity index (χ3v) is 3.86. The highest BCUT2D eigenvalue weighted by Crippen LogP contribution is 2.33. The van der Waals surface area contributed by atoms with Crippen LogP contribution in [-0.4, -0.2) is 21.6 Å². The molecular formula is C13H9ClF3N3O2S. The zero-order valence-electron chi connectivity index (χ0n) is 11.3. The van der Waals surface area contributed by atoms with Gasteiger partial charge in [-0.15, -0.1) is 0 Å². The van der Waals surface area contributed by atoms with E-state index < -0.39 is 23.3 Å². The molecule has 5 nitrogen and oxygen atoms in total. The number of anilines is 1. The molecule has 0 unspecified atom stereocenters. The number of halogens is 4. The molecule has 1 aromatic heterocycles. The van der Waals surface area contributed by atoms with Gasteiger partial charge in [0, 0.05) is 6.20 Å². The smallest absolute Gasteiger partial charge is 0.324 e. The van der Waals surface area contributed by atoms with Gasteiger partial charge in [0.15, 0.2) is 0 Å². The number of benzene rings is 1. The van der Waals surface area contributed by atoms with E-state index >= 15 is 0 Å². The van der Waals surface area contributed by atoms with E-state index in [2.05, 4.69) is 15.3 Å². The summed E-state index contributed by atoms with van der Waals surface area (Å²) in [5, 5.41) is 2.71. The van der Waals surface area contributed by atoms with Crippen LogP contribution in [0.15, 0.2) is 40.3 Å². The Morgan fingerprint density at radius 3 is 2.74 bits per heavy atom. The molecule has 0 aliphatic carbocycles. The van der Waals surface area contributed by atoms with Gasteiger partial charge in [-0.1, -0.05) is 23.4 Å². The van der Waals surface area contributed by atoms with Crippen molar-refractivity contribution < 1.29 is 18.0 Å². The predicted molar refractivity (Wildman–Crippen MR) is 80.7 cm³/mol. The van der Waals surface area contributed by atoms with Crippen molar-refractivity contribution in [1.82, 2.24) is 9.97 Å². The Bertz CT molecular complexity index is 780. The van der Waals surface area contributed by atoms with Gasteiger partial charge in [-0.25, -0.2) is 9.78 Å². The second kappa shape index (κ2) is 7.05. The maximum absolute atomic E-state index is 12.6. The van der Waals surface area contributed by atoms with Crippen molar-refractivity contribution in [3.05, 3.63) is 51.5 Å². The zero-order valence-corrected chi connectivity index (χ0v) is 12.9. The van der Waals surface area contributed by atoms with Crippen LogP contribution in [0.25, 0.3) is 0 Å². The summed E-state index contributed by atoms with van der Waals surface area (Å²) in [5.74, 6) is -0.680. The molecule has 10 heteroatoms. The quantitative estimate of drug-likeness (QED) is 0.646. The maximum atomic E-state index is 12.6. The Hall–Kier alpha value is -2.00. The first-order chi connectivity index (χ1) is 10.8. The SMILES string of the molecule is O=C(CSc1ccnc(=O)[nH]1)Nc1cc(C(F)(F)F)ccc1Cl. The summed E-state index contributed by atoms with van der Waals surface area (Å²) in [6.45, 7) is 0. The Morgan fingerprint density at radius 1 is 1.35 bits per heavy atom. The fraction of sp³-hybridized carbons (Fsp3) is 0.154. The lowest BCUT2D eigenvalue weighted by atomic mass is 10.2. The Morgan fingerprint density at radius 2 is 2.09 bits per heavy atom. The third kappa shape index (κ3) is 5.00. The average Bonchev–Trinajstić information content (AvgIpc) is 2.46. The molecule has 0 aliphatic heterocycles.